The Morgan fingerprint density at radius 1 is 1.19 bits per heavy atom. The molecule has 0 amide bonds. The average Bonchev–Trinajstić information content (AvgIpc) is 3.35. The monoisotopic (exact) mass is 414 g/mol. The number of allylic oxidation sites excluding steroid dienone is 2. The van der Waals surface area contributed by atoms with E-state index in [0.29, 0.717) is 5.75 Å². The molecule has 0 bridgehead atoms. The predicted molar refractivity (Wildman–Crippen MR) is 119 cm³/mol. The van der Waals surface area contributed by atoms with E-state index in [1.807, 2.05) is 12.1 Å². The van der Waals surface area contributed by atoms with Crippen LogP contribution in [0.15, 0.2) is 68.8 Å². The quantitative estimate of drug-likeness (QED) is 0.650. The molecule has 2 aromatic rings. The number of hydrogen-bond donors (Lipinski definition) is 1. The summed E-state index contributed by atoms with van der Waals surface area (Å²) in [6, 6.07) is 14.6. The molecule has 0 fully saturated rings. The maximum Gasteiger partial charge on any atom is 0.211 e. The molecular weight excluding hydrogens is 392 g/mol. The van der Waals surface area contributed by atoms with Crippen molar-refractivity contribution in [3.05, 3.63) is 74.3 Å². The van der Waals surface area contributed by atoms with Gasteiger partial charge in [-0.2, -0.15) is 0 Å². The number of fused-ring (bicyclic) bond motifs is 1. The fourth-order valence-electron chi connectivity index (χ4n) is 3.41. The summed E-state index contributed by atoms with van der Waals surface area (Å²) >= 11 is 2.17. The van der Waals surface area contributed by atoms with Crippen LogP contribution < -0.4 is 5.73 Å². The largest absolute Gasteiger partial charge is 0.611 e. The molecule has 3 atom stereocenters. The molecule has 140 valence electrons. The number of benzene rings is 1. The predicted octanol–water partition coefficient (Wildman–Crippen LogP) is 5.32. The molecule has 0 aliphatic carbocycles. The maximum atomic E-state index is 12.8. The van der Waals surface area contributed by atoms with Crippen LogP contribution in [-0.4, -0.2) is 15.3 Å². The summed E-state index contributed by atoms with van der Waals surface area (Å²) in [5.74, 6) is 0.770. The third-order valence-electron chi connectivity index (χ3n) is 4.81. The van der Waals surface area contributed by atoms with Gasteiger partial charge in [0.1, 0.15) is 5.75 Å². The van der Waals surface area contributed by atoms with Gasteiger partial charge in [0, 0.05) is 5.92 Å². The molecule has 27 heavy (non-hydrogen) atoms. The zero-order valence-electron chi connectivity index (χ0n) is 15.1. The van der Waals surface area contributed by atoms with Crippen LogP contribution in [0, 0.1) is 5.92 Å². The number of aliphatic imine (C=N–C) groups is 1. The van der Waals surface area contributed by atoms with Crippen molar-refractivity contribution >= 4 is 45.0 Å². The first-order chi connectivity index (χ1) is 13.2. The van der Waals surface area contributed by atoms with Crippen LogP contribution in [0.2, 0.25) is 0 Å². The van der Waals surface area contributed by atoms with Gasteiger partial charge in [0.25, 0.3) is 0 Å². The third kappa shape index (κ3) is 3.76. The molecule has 2 aliphatic heterocycles. The number of thioether (sulfide) groups is 1. The van der Waals surface area contributed by atoms with Gasteiger partial charge in [-0.3, -0.25) is 0 Å². The minimum absolute atomic E-state index is 0.0123. The van der Waals surface area contributed by atoms with Crippen molar-refractivity contribution in [3.8, 4) is 0 Å². The fraction of sp³-hybridized carbons (Fsp3) is 0.286. The molecule has 2 N–H and O–H groups in total. The first-order valence-corrected chi connectivity index (χ1v) is 12.2. The number of unbranched alkanes of at least 4 members (excludes halogenated alkanes) is 1. The topological polar surface area (TPSA) is 61.4 Å². The molecule has 0 saturated heterocycles. The van der Waals surface area contributed by atoms with E-state index in [1.54, 1.807) is 11.3 Å². The van der Waals surface area contributed by atoms with Gasteiger partial charge < -0.3 is 10.3 Å². The number of hydrogen-bond acceptors (Lipinski definition) is 5. The van der Waals surface area contributed by atoms with Crippen molar-refractivity contribution in [1.82, 2.24) is 0 Å². The summed E-state index contributed by atoms with van der Waals surface area (Å²) in [6.45, 7) is 2.11. The van der Waals surface area contributed by atoms with Crippen molar-refractivity contribution in [3.63, 3.8) is 0 Å². The Balaban J connectivity index is 1.74. The summed E-state index contributed by atoms with van der Waals surface area (Å²) in [5, 5.41) is 3.05. The lowest BCUT2D eigenvalue weighted by Gasteiger charge is -2.26. The second-order valence-corrected chi connectivity index (χ2v) is 10.4. The second kappa shape index (κ2) is 8.27. The molecule has 1 aromatic carbocycles. The highest BCUT2D eigenvalue weighted by Crippen LogP contribution is 2.50. The number of nitrogens with two attached hydrogens (primary N) is 1. The van der Waals surface area contributed by atoms with Crippen molar-refractivity contribution in [2.75, 3.05) is 5.75 Å². The van der Waals surface area contributed by atoms with E-state index >= 15 is 0 Å². The Labute approximate surface area is 171 Å². The van der Waals surface area contributed by atoms with Gasteiger partial charge in [0.05, 0.1) is 27.2 Å². The van der Waals surface area contributed by atoms with Crippen LogP contribution in [0.1, 0.15) is 36.1 Å². The summed E-state index contributed by atoms with van der Waals surface area (Å²) < 4.78 is 13.6. The van der Waals surface area contributed by atoms with E-state index in [1.165, 1.54) is 17.3 Å². The van der Waals surface area contributed by atoms with Gasteiger partial charge >= 0.3 is 0 Å². The molecule has 2 aliphatic rings. The fourth-order valence-corrected chi connectivity index (χ4v) is 7.09. The highest BCUT2D eigenvalue weighted by Gasteiger charge is 2.43. The van der Waals surface area contributed by atoms with E-state index in [9.17, 15) is 4.55 Å². The molecular formula is C21H22N2OS3. The number of thiophene rings is 1. The highest BCUT2D eigenvalue weighted by atomic mass is 32.3. The molecule has 0 saturated carbocycles. The van der Waals surface area contributed by atoms with E-state index in [4.69, 9.17) is 10.7 Å². The smallest absolute Gasteiger partial charge is 0.211 e. The number of nitrogens with zero attached hydrogens (tertiary/aromatic N) is 1. The molecule has 3 unspecified atom stereocenters. The van der Waals surface area contributed by atoms with Gasteiger partial charge in [-0.1, -0.05) is 49.7 Å². The lowest BCUT2D eigenvalue weighted by atomic mass is 9.82. The Hall–Kier alpha value is -1.47. The summed E-state index contributed by atoms with van der Waals surface area (Å²) in [4.78, 5) is 6.07. The first kappa shape index (κ1) is 18.9. The Morgan fingerprint density at radius 2 is 2.00 bits per heavy atom. The van der Waals surface area contributed by atoms with E-state index in [-0.39, 0.29) is 11.8 Å². The molecule has 3 nitrogen and oxygen atoms in total. The van der Waals surface area contributed by atoms with Gasteiger partial charge in [0.15, 0.2) is 0 Å². The van der Waals surface area contributed by atoms with Crippen LogP contribution in [-0.2, 0) is 11.2 Å². The van der Waals surface area contributed by atoms with Gasteiger partial charge in [-0.05, 0) is 52.4 Å². The third-order valence-corrected chi connectivity index (χ3v) is 8.79. The average molecular weight is 415 g/mol. The normalized spacial score (nSPS) is 23.0. The van der Waals surface area contributed by atoms with Gasteiger partial charge in [0.2, 0.25) is 4.24 Å². The Bertz CT molecular complexity index is 887. The van der Waals surface area contributed by atoms with E-state index in [2.05, 4.69) is 48.7 Å². The van der Waals surface area contributed by atoms with E-state index < -0.39 is 11.2 Å². The van der Waals surface area contributed by atoms with Crippen molar-refractivity contribution < 1.29 is 4.55 Å². The van der Waals surface area contributed by atoms with Gasteiger partial charge in [-0.25, -0.2) is 4.99 Å². The van der Waals surface area contributed by atoms with Crippen molar-refractivity contribution in [2.24, 2.45) is 16.6 Å². The van der Waals surface area contributed by atoms with Crippen LogP contribution >= 0.6 is 23.1 Å². The Kier molecular flexibility index (Phi) is 5.78. The SMILES string of the molecule is CCCC[S+]([O-])C1=C(N)C2C(=NC(c3cccs3)=CC2c2ccccc2)S1. The number of rotatable bonds is 6. The second-order valence-electron chi connectivity index (χ2n) is 6.64. The summed E-state index contributed by atoms with van der Waals surface area (Å²) in [7, 11) is 0. The first-order valence-electron chi connectivity index (χ1n) is 9.14. The van der Waals surface area contributed by atoms with Crippen LogP contribution in [0.25, 0.3) is 5.70 Å². The van der Waals surface area contributed by atoms with Gasteiger partial charge in [-0.15, -0.1) is 11.3 Å². The molecule has 3 heterocycles. The minimum atomic E-state index is -1.05. The maximum absolute atomic E-state index is 12.8. The minimum Gasteiger partial charge on any atom is -0.611 e. The van der Waals surface area contributed by atoms with Crippen LogP contribution in [0.4, 0.5) is 0 Å². The molecule has 6 heteroatoms. The molecule has 4 rings (SSSR count). The summed E-state index contributed by atoms with van der Waals surface area (Å²) in [6.07, 6.45) is 4.20. The lowest BCUT2D eigenvalue weighted by Crippen LogP contribution is -2.25. The van der Waals surface area contributed by atoms with Crippen LogP contribution in [0.3, 0.4) is 0 Å². The lowest BCUT2D eigenvalue weighted by molar-refractivity contribution is 0.598. The molecule has 0 spiro atoms. The molecule has 0 radical (unpaired) electrons. The molecule has 1 aromatic heterocycles. The van der Waals surface area contributed by atoms with Crippen molar-refractivity contribution in [2.45, 2.75) is 25.7 Å². The van der Waals surface area contributed by atoms with Crippen molar-refractivity contribution in [1.29, 1.82) is 0 Å². The Morgan fingerprint density at radius 3 is 2.70 bits per heavy atom. The highest BCUT2D eigenvalue weighted by molar-refractivity contribution is 8.27. The standard InChI is InChI=1S/C21H22N2OS3/c1-2-3-12-27(24)21-19(22)18-15(14-8-5-4-6-9-14)13-16(23-20(18)26-21)17-10-7-11-25-17/h4-11,13,15,18H,2-3,12,22H2,1H3. The van der Waals surface area contributed by atoms with Crippen LogP contribution in [0.5, 0.6) is 0 Å². The zero-order valence-corrected chi connectivity index (χ0v) is 17.6. The summed E-state index contributed by atoms with van der Waals surface area (Å²) in [5.41, 5.74) is 9.50. The van der Waals surface area contributed by atoms with E-state index in [0.717, 1.165) is 38.4 Å². The zero-order chi connectivity index (χ0) is 18.8.